The highest BCUT2D eigenvalue weighted by Crippen LogP contribution is 2.24. The van der Waals surface area contributed by atoms with Crippen molar-refractivity contribution in [2.75, 3.05) is 0 Å². The van der Waals surface area contributed by atoms with Gasteiger partial charge in [0.25, 0.3) is 0 Å². The summed E-state index contributed by atoms with van der Waals surface area (Å²) in [6.07, 6.45) is -0.375. The Balaban J connectivity index is 2.35. The first-order chi connectivity index (χ1) is 7.92. The Hall–Kier alpha value is -2.09. The Kier molecular flexibility index (Phi) is 3.34. The highest BCUT2D eigenvalue weighted by atomic mass is 16.5. The predicted molar refractivity (Wildman–Crippen MR) is 61.5 cm³/mol. The van der Waals surface area contributed by atoms with Gasteiger partial charge in [0.15, 0.2) is 6.10 Å². The lowest BCUT2D eigenvalue weighted by Crippen LogP contribution is -2.04. The fraction of sp³-hybridized carbons (Fsp3) is 0.0714. The zero-order valence-electron chi connectivity index (χ0n) is 8.67. The number of benzene rings is 2. The van der Waals surface area contributed by atoms with Crippen molar-refractivity contribution in [1.82, 2.24) is 0 Å². The highest BCUT2D eigenvalue weighted by molar-refractivity contribution is 5.42. The molecule has 0 atom stereocenters. The van der Waals surface area contributed by atoms with Crippen LogP contribution in [0.3, 0.4) is 0 Å². The number of carbonyl (C=O) groups excluding carboxylic acids is 1. The molecular weight excluding hydrogens is 200 g/mol. The third-order valence-corrected chi connectivity index (χ3v) is 2.37. The van der Waals surface area contributed by atoms with Crippen LogP contribution >= 0.6 is 0 Å². The highest BCUT2D eigenvalue weighted by Gasteiger charge is 2.14. The van der Waals surface area contributed by atoms with Gasteiger partial charge in [0.05, 0.1) is 0 Å². The van der Waals surface area contributed by atoms with Gasteiger partial charge in [0.1, 0.15) is 0 Å². The van der Waals surface area contributed by atoms with E-state index in [1.807, 2.05) is 60.7 Å². The zero-order valence-corrected chi connectivity index (χ0v) is 8.67. The maximum absolute atomic E-state index is 10.4. The normalized spacial score (nSPS) is 10.1. The number of hydrogen-bond acceptors (Lipinski definition) is 2. The number of hydrogen-bond donors (Lipinski definition) is 0. The van der Waals surface area contributed by atoms with Crippen molar-refractivity contribution in [2.24, 2.45) is 0 Å². The standard InChI is InChI=1S/C14H11O2/c15-11-16-14(12-7-3-1-4-8-12)13-9-5-2-6-10-13/h1-10,14H. The van der Waals surface area contributed by atoms with Crippen LogP contribution in [0.5, 0.6) is 0 Å². The molecular formula is C14H11O2. The van der Waals surface area contributed by atoms with Crippen molar-refractivity contribution in [2.45, 2.75) is 6.10 Å². The molecule has 0 aromatic heterocycles. The van der Waals surface area contributed by atoms with Crippen LogP contribution in [0.15, 0.2) is 60.7 Å². The number of ether oxygens (including phenoxy) is 1. The van der Waals surface area contributed by atoms with E-state index < -0.39 is 0 Å². The van der Waals surface area contributed by atoms with E-state index in [0.717, 1.165) is 11.1 Å². The smallest absolute Gasteiger partial charge is 0.418 e. The van der Waals surface area contributed by atoms with Crippen molar-refractivity contribution < 1.29 is 9.53 Å². The molecule has 79 valence electrons. The molecule has 2 aromatic rings. The fourth-order valence-electron chi connectivity index (χ4n) is 1.63. The quantitative estimate of drug-likeness (QED) is 0.777. The van der Waals surface area contributed by atoms with Crippen LogP contribution in [0, 0.1) is 0 Å². The molecule has 2 heteroatoms. The molecule has 2 rings (SSSR count). The largest absolute Gasteiger partial charge is 0.444 e. The molecule has 16 heavy (non-hydrogen) atoms. The molecule has 0 N–H and O–H groups in total. The summed E-state index contributed by atoms with van der Waals surface area (Å²) in [7, 11) is 0. The Labute approximate surface area is 94.5 Å². The molecule has 0 aliphatic heterocycles. The maximum Gasteiger partial charge on any atom is 0.418 e. The SMILES string of the molecule is O=[C]OC(c1ccccc1)c1ccccc1. The summed E-state index contributed by atoms with van der Waals surface area (Å²) in [6, 6.07) is 19.2. The minimum absolute atomic E-state index is 0.375. The Morgan fingerprint density at radius 3 is 1.62 bits per heavy atom. The third-order valence-electron chi connectivity index (χ3n) is 2.37. The van der Waals surface area contributed by atoms with Crippen LogP contribution in [-0.2, 0) is 9.53 Å². The van der Waals surface area contributed by atoms with E-state index in [1.165, 1.54) is 6.47 Å². The van der Waals surface area contributed by atoms with Gasteiger partial charge in [-0.3, -0.25) is 0 Å². The molecule has 1 radical (unpaired) electrons. The van der Waals surface area contributed by atoms with Crippen LogP contribution in [0.25, 0.3) is 0 Å². The van der Waals surface area contributed by atoms with Gasteiger partial charge in [-0.2, -0.15) is 0 Å². The average Bonchev–Trinajstić information content (AvgIpc) is 2.38. The second-order valence-electron chi connectivity index (χ2n) is 3.40. The van der Waals surface area contributed by atoms with Crippen molar-refractivity contribution in [3.05, 3.63) is 71.8 Å². The molecule has 0 saturated heterocycles. The molecule has 0 amide bonds. The second-order valence-corrected chi connectivity index (χ2v) is 3.40. The lowest BCUT2D eigenvalue weighted by Gasteiger charge is -2.14. The summed E-state index contributed by atoms with van der Waals surface area (Å²) in [5.74, 6) is 0. The van der Waals surface area contributed by atoms with Gasteiger partial charge < -0.3 is 4.74 Å². The van der Waals surface area contributed by atoms with E-state index in [2.05, 4.69) is 0 Å². The van der Waals surface area contributed by atoms with Gasteiger partial charge >= 0.3 is 6.47 Å². The summed E-state index contributed by atoms with van der Waals surface area (Å²) >= 11 is 0. The monoisotopic (exact) mass is 211 g/mol. The van der Waals surface area contributed by atoms with Crippen molar-refractivity contribution in [3.63, 3.8) is 0 Å². The van der Waals surface area contributed by atoms with E-state index in [0.29, 0.717) is 0 Å². The molecule has 0 unspecified atom stereocenters. The maximum atomic E-state index is 10.4. The first-order valence-electron chi connectivity index (χ1n) is 5.04. The molecule has 0 heterocycles. The fourth-order valence-corrected chi connectivity index (χ4v) is 1.63. The topological polar surface area (TPSA) is 26.3 Å². The van der Waals surface area contributed by atoms with Crippen LogP contribution in [0.2, 0.25) is 0 Å². The Morgan fingerprint density at radius 2 is 1.25 bits per heavy atom. The van der Waals surface area contributed by atoms with E-state index >= 15 is 0 Å². The average molecular weight is 211 g/mol. The van der Waals surface area contributed by atoms with E-state index in [-0.39, 0.29) is 6.10 Å². The van der Waals surface area contributed by atoms with Gasteiger partial charge in [-0.25, -0.2) is 4.79 Å². The van der Waals surface area contributed by atoms with Crippen LogP contribution < -0.4 is 0 Å². The van der Waals surface area contributed by atoms with E-state index in [4.69, 9.17) is 4.74 Å². The van der Waals surface area contributed by atoms with Crippen molar-refractivity contribution in [3.8, 4) is 0 Å². The molecule has 0 aliphatic carbocycles. The van der Waals surface area contributed by atoms with Crippen LogP contribution in [0.1, 0.15) is 17.2 Å². The van der Waals surface area contributed by atoms with Crippen molar-refractivity contribution in [1.29, 1.82) is 0 Å². The summed E-state index contributed by atoms with van der Waals surface area (Å²) < 4.78 is 5.01. The molecule has 0 saturated carbocycles. The van der Waals surface area contributed by atoms with Crippen molar-refractivity contribution >= 4 is 6.47 Å². The zero-order chi connectivity index (χ0) is 11.2. The molecule has 0 bridgehead atoms. The van der Waals surface area contributed by atoms with E-state index in [1.54, 1.807) is 0 Å². The Morgan fingerprint density at radius 1 is 0.812 bits per heavy atom. The first kappa shape index (κ1) is 10.4. The minimum Gasteiger partial charge on any atom is -0.444 e. The number of rotatable bonds is 4. The van der Waals surface area contributed by atoms with Gasteiger partial charge in [0.2, 0.25) is 0 Å². The lowest BCUT2D eigenvalue weighted by molar-refractivity contribution is 0.216. The molecule has 2 aromatic carbocycles. The summed E-state index contributed by atoms with van der Waals surface area (Å²) in [4.78, 5) is 10.4. The molecule has 0 spiro atoms. The predicted octanol–water partition coefficient (Wildman–Crippen LogP) is 2.86. The summed E-state index contributed by atoms with van der Waals surface area (Å²) in [5, 5.41) is 0. The molecule has 0 aliphatic rings. The molecule has 2 nitrogen and oxygen atoms in total. The van der Waals surface area contributed by atoms with E-state index in [9.17, 15) is 4.79 Å². The minimum atomic E-state index is -0.375. The second kappa shape index (κ2) is 5.12. The summed E-state index contributed by atoms with van der Waals surface area (Å²) in [5.41, 5.74) is 1.88. The third kappa shape index (κ3) is 2.28. The molecule has 0 fully saturated rings. The first-order valence-corrected chi connectivity index (χ1v) is 5.04. The van der Waals surface area contributed by atoms with Gasteiger partial charge in [0, 0.05) is 0 Å². The van der Waals surface area contributed by atoms with Crippen LogP contribution in [-0.4, -0.2) is 6.47 Å². The van der Waals surface area contributed by atoms with Gasteiger partial charge in [-0.05, 0) is 11.1 Å². The van der Waals surface area contributed by atoms with Crippen LogP contribution in [0.4, 0.5) is 0 Å². The summed E-state index contributed by atoms with van der Waals surface area (Å²) in [6.45, 7) is 1.51. The van der Waals surface area contributed by atoms with Gasteiger partial charge in [-0.15, -0.1) is 0 Å². The van der Waals surface area contributed by atoms with Gasteiger partial charge in [-0.1, -0.05) is 60.7 Å². The lowest BCUT2D eigenvalue weighted by atomic mass is 10.0. The Bertz CT molecular complexity index is 397.